The lowest BCUT2D eigenvalue weighted by Gasteiger charge is -2.60. The van der Waals surface area contributed by atoms with Crippen LogP contribution in [0.3, 0.4) is 0 Å². The van der Waals surface area contributed by atoms with E-state index < -0.39 is 35.6 Å². The van der Waals surface area contributed by atoms with Gasteiger partial charge in [0, 0.05) is 13.0 Å². The van der Waals surface area contributed by atoms with E-state index in [9.17, 15) is 20.1 Å². The molecule has 0 radical (unpaired) electrons. The highest BCUT2D eigenvalue weighted by atomic mass is 16.7. The van der Waals surface area contributed by atoms with Crippen LogP contribution in [0, 0.1) is 11.8 Å². The average Bonchev–Trinajstić information content (AvgIpc) is 2.72. The molecule has 0 aromatic rings. The zero-order valence-electron chi connectivity index (χ0n) is 14.0. The molecule has 3 rings (SSSR count). The molecule has 7 heteroatoms. The number of aliphatic hydroxyl groups is 4. The molecule has 0 aromatic carbocycles. The third kappa shape index (κ3) is 2.41. The van der Waals surface area contributed by atoms with Crippen molar-refractivity contribution in [3.05, 3.63) is 0 Å². The summed E-state index contributed by atoms with van der Waals surface area (Å²) in [5.74, 6) is -0.926. The van der Waals surface area contributed by atoms with Crippen molar-refractivity contribution in [1.82, 2.24) is 5.32 Å². The van der Waals surface area contributed by atoms with Crippen molar-refractivity contribution in [3.63, 3.8) is 0 Å². The Morgan fingerprint density at radius 2 is 1.91 bits per heavy atom. The van der Waals surface area contributed by atoms with E-state index in [1.54, 1.807) is 6.92 Å². The van der Waals surface area contributed by atoms with Gasteiger partial charge in [-0.1, -0.05) is 19.8 Å². The summed E-state index contributed by atoms with van der Waals surface area (Å²) in [6, 6.07) is 0. The van der Waals surface area contributed by atoms with Crippen LogP contribution in [0.25, 0.3) is 0 Å². The predicted octanol–water partition coefficient (Wildman–Crippen LogP) is -0.491. The molecular formula is C16H29NO6. The number of aliphatic hydroxyl groups excluding tert-OH is 4. The molecule has 0 aromatic heterocycles. The molecule has 2 saturated heterocycles. The van der Waals surface area contributed by atoms with E-state index in [1.165, 1.54) is 0 Å². The van der Waals surface area contributed by atoms with Crippen LogP contribution in [-0.4, -0.2) is 63.1 Å². The zero-order chi connectivity index (χ0) is 17.4. The SMILES string of the molecule is CCC1C(=O)NC2(C(O)C3CCCCC3O)C(O)OC12C.CO. The van der Waals surface area contributed by atoms with E-state index in [0.29, 0.717) is 19.3 Å². The summed E-state index contributed by atoms with van der Waals surface area (Å²) in [6.45, 7) is 3.66. The van der Waals surface area contributed by atoms with E-state index in [4.69, 9.17) is 9.84 Å². The standard InChI is InChI=1S/C15H25NO5.CH4O/c1-3-9-12(19)16-15(13(20)21-14(9,15)2)11(18)8-6-4-5-7-10(8)17;1-2/h8-11,13,17-18,20H,3-7H2,1-2H3,(H,16,19);2H,1H3. The maximum absolute atomic E-state index is 12.2. The van der Waals surface area contributed by atoms with Crippen LogP contribution in [0.2, 0.25) is 0 Å². The number of fused-ring (bicyclic) bond motifs is 1. The minimum absolute atomic E-state index is 0.194. The minimum Gasteiger partial charge on any atom is -0.400 e. The Labute approximate surface area is 136 Å². The molecule has 1 aliphatic carbocycles. The van der Waals surface area contributed by atoms with Gasteiger partial charge in [-0.25, -0.2) is 0 Å². The summed E-state index contributed by atoms with van der Waals surface area (Å²) in [5.41, 5.74) is -2.12. The molecule has 3 aliphatic rings. The lowest BCUT2D eigenvalue weighted by atomic mass is 9.63. The van der Waals surface area contributed by atoms with Crippen molar-refractivity contribution in [2.24, 2.45) is 11.8 Å². The fourth-order valence-electron chi connectivity index (χ4n) is 4.64. The van der Waals surface area contributed by atoms with Gasteiger partial charge in [0.25, 0.3) is 0 Å². The first kappa shape index (κ1) is 18.6. The molecule has 0 spiro atoms. The zero-order valence-corrected chi connectivity index (χ0v) is 14.0. The summed E-state index contributed by atoms with van der Waals surface area (Å²) in [7, 11) is 1.00. The van der Waals surface area contributed by atoms with Crippen LogP contribution in [0.1, 0.15) is 46.0 Å². The first-order chi connectivity index (χ1) is 10.9. The number of ether oxygens (including phenoxy) is 1. The Morgan fingerprint density at radius 3 is 2.43 bits per heavy atom. The fraction of sp³-hybridized carbons (Fsp3) is 0.938. The van der Waals surface area contributed by atoms with E-state index in [2.05, 4.69) is 5.32 Å². The molecular weight excluding hydrogens is 302 g/mol. The van der Waals surface area contributed by atoms with Crippen LogP contribution in [0.4, 0.5) is 0 Å². The Hall–Kier alpha value is -0.730. The normalized spacial score (nSPS) is 46.8. The van der Waals surface area contributed by atoms with E-state index in [1.807, 2.05) is 6.92 Å². The third-order valence-corrected chi connectivity index (χ3v) is 5.94. The van der Waals surface area contributed by atoms with Gasteiger partial charge in [-0.3, -0.25) is 4.79 Å². The van der Waals surface area contributed by atoms with E-state index >= 15 is 0 Å². The summed E-state index contributed by atoms with van der Waals surface area (Å²) in [6.07, 6.45) is 0.963. The van der Waals surface area contributed by atoms with Crippen molar-refractivity contribution < 1.29 is 30.0 Å². The molecule has 7 nitrogen and oxygen atoms in total. The third-order valence-electron chi connectivity index (χ3n) is 5.94. The van der Waals surface area contributed by atoms with Crippen LogP contribution < -0.4 is 5.32 Å². The molecule has 5 N–H and O–H groups in total. The second-order valence-corrected chi connectivity index (χ2v) is 6.86. The molecule has 7 atom stereocenters. The average molecular weight is 331 g/mol. The predicted molar refractivity (Wildman–Crippen MR) is 82.3 cm³/mol. The Bertz CT molecular complexity index is 446. The topological polar surface area (TPSA) is 119 Å². The van der Waals surface area contributed by atoms with Crippen molar-refractivity contribution in [2.45, 2.75) is 75.6 Å². The van der Waals surface area contributed by atoms with Gasteiger partial charge < -0.3 is 30.5 Å². The highest BCUT2D eigenvalue weighted by Crippen LogP contribution is 2.55. The molecule has 2 heterocycles. The summed E-state index contributed by atoms with van der Waals surface area (Å²) in [4.78, 5) is 12.2. The number of hydrogen-bond donors (Lipinski definition) is 5. The number of carbonyl (C=O) groups excluding carboxylic acids is 1. The molecule has 23 heavy (non-hydrogen) atoms. The minimum atomic E-state index is -1.23. The van der Waals surface area contributed by atoms with Crippen molar-refractivity contribution in [3.8, 4) is 0 Å². The lowest BCUT2D eigenvalue weighted by molar-refractivity contribution is -0.373. The number of rotatable bonds is 3. The maximum atomic E-state index is 12.2. The molecule has 7 unspecified atom stereocenters. The van der Waals surface area contributed by atoms with Gasteiger partial charge in [0.15, 0.2) is 6.29 Å². The second-order valence-electron chi connectivity index (χ2n) is 6.86. The van der Waals surface area contributed by atoms with Crippen LogP contribution in [0.5, 0.6) is 0 Å². The molecule has 2 aliphatic heterocycles. The molecule has 0 bridgehead atoms. The summed E-state index contributed by atoms with van der Waals surface area (Å²) in [5, 5.41) is 41.0. The van der Waals surface area contributed by atoms with Gasteiger partial charge in [0.2, 0.25) is 5.91 Å². The number of amides is 1. The Kier molecular flexibility index (Phi) is 5.37. The lowest BCUT2D eigenvalue weighted by Crippen LogP contribution is -2.82. The Morgan fingerprint density at radius 1 is 1.30 bits per heavy atom. The summed E-state index contributed by atoms with van der Waals surface area (Å²) < 4.78 is 5.51. The van der Waals surface area contributed by atoms with E-state index in [-0.39, 0.29) is 11.8 Å². The monoisotopic (exact) mass is 331 g/mol. The fourth-order valence-corrected chi connectivity index (χ4v) is 4.64. The van der Waals surface area contributed by atoms with Crippen LogP contribution in [0.15, 0.2) is 0 Å². The summed E-state index contributed by atoms with van der Waals surface area (Å²) >= 11 is 0. The van der Waals surface area contributed by atoms with E-state index in [0.717, 1.165) is 20.0 Å². The molecule has 1 saturated carbocycles. The van der Waals surface area contributed by atoms with Crippen molar-refractivity contribution in [1.29, 1.82) is 0 Å². The van der Waals surface area contributed by atoms with Crippen LogP contribution in [-0.2, 0) is 9.53 Å². The molecule has 1 amide bonds. The van der Waals surface area contributed by atoms with Gasteiger partial charge in [-0.05, 0) is 26.2 Å². The highest BCUT2D eigenvalue weighted by molar-refractivity contribution is 5.85. The van der Waals surface area contributed by atoms with Gasteiger partial charge in [0.1, 0.15) is 11.1 Å². The number of hydrogen-bond acceptors (Lipinski definition) is 6. The number of nitrogens with one attached hydrogen (secondary N) is 1. The first-order valence-electron chi connectivity index (χ1n) is 8.37. The Balaban J connectivity index is 0.000000924. The van der Waals surface area contributed by atoms with Crippen molar-refractivity contribution >= 4 is 5.91 Å². The van der Waals surface area contributed by atoms with Gasteiger partial charge in [-0.2, -0.15) is 0 Å². The number of carbonyl (C=O) groups is 1. The van der Waals surface area contributed by atoms with Crippen LogP contribution >= 0.6 is 0 Å². The highest BCUT2D eigenvalue weighted by Gasteiger charge is 2.77. The van der Waals surface area contributed by atoms with Gasteiger partial charge in [0.05, 0.1) is 18.1 Å². The smallest absolute Gasteiger partial charge is 0.226 e. The molecule has 134 valence electrons. The first-order valence-corrected chi connectivity index (χ1v) is 8.37. The quantitative estimate of drug-likeness (QED) is 0.476. The van der Waals surface area contributed by atoms with Gasteiger partial charge >= 0.3 is 0 Å². The second kappa shape index (κ2) is 6.64. The largest absolute Gasteiger partial charge is 0.400 e. The molecule has 3 fully saturated rings. The maximum Gasteiger partial charge on any atom is 0.226 e. The van der Waals surface area contributed by atoms with Crippen molar-refractivity contribution in [2.75, 3.05) is 7.11 Å². The van der Waals surface area contributed by atoms with Gasteiger partial charge in [-0.15, -0.1) is 0 Å².